The number of likely N-dealkylation sites (tertiary alicyclic amines) is 1. The Hall–Kier alpha value is -2.21. The highest BCUT2D eigenvalue weighted by atomic mass is 32.2. The standard InChI is InChI=1S/C20H22N2O3S/c1-24-16-6-4-5-15(9-16)10-19(23)22-13-20(14-22)11-17(12-26-20)25-18-7-2-3-8-21-18/h2-9,17H,10-14H2,1H3/t17-/m0/s1. The minimum absolute atomic E-state index is 0.156. The quantitative estimate of drug-likeness (QED) is 0.810. The van der Waals surface area contributed by atoms with Gasteiger partial charge in [0.25, 0.3) is 0 Å². The van der Waals surface area contributed by atoms with Gasteiger partial charge in [0, 0.05) is 37.5 Å². The van der Waals surface area contributed by atoms with E-state index in [1.54, 1.807) is 13.3 Å². The number of thioether (sulfide) groups is 1. The van der Waals surface area contributed by atoms with E-state index in [4.69, 9.17) is 9.47 Å². The van der Waals surface area contributed by atoms with Crippen LogP contribution in [0.3, 0.4) is 0 Å². The van der Waals surface area contributed by atoms with Crippen molar-refractivity contribution in [1.82, 2.24) is 9.88 Å². The molecule has 4 rings (SSSR count). The van der Waals surface area contributed by atoms with E-state index in [1.807, 2.05) is 59.1 Å². The van der Waals surface area contributed by atoms with E-state index in [2.05, 4.69) is 4.98 Å². The monoisotopic (exact) mass is 370 g/mol. The molecule has 2 aliphatic heterocycles. The predicted molar refractivity (Wildman–Crippen MR) is 102 cm³/mol. The van der Waals surface area contributed by atoms with Crippen molar-refractivity contribution in [3.8, 4) is 11.6 Å². The fraction of sp³-hybridized carbons (Fsp3) is 0.400. The van der Waals surface area contributed by atoms with Crippen LogP contribution in [0.4, 0.5) is 0 Å². The highest BCUT2D eigenvalue weighted by Gasteiger charge is 2.51. The lowest BCUT2D eigenvalue weighted by Crippen LogP contribution is -2.61. The second kappa shape index (κ2) is 7.19. The van der Waals surface area contributed by atoms with Gasteiger partial charge >= 0.3 is 0 Å². The largest absolute Gasteiger partial charge is 0.497 e. The van der Waals surface area contributed by atoms with Gasteiger partial charge in [0.05, 0.1) is 18.3 Å². The van der Waals surface area contributed by atoms with Gasteiger partial charge in [0.1, 0.15) is 11.9 Å². The van der Waals surface area contributed by atoms with Crippen molar-refractivity contribution < 1.29 is 14.3 Å². The first-order valence-electron chi connectivity index (χ1n) is 8.78. The smallest absolute Gasteiger partial charge is 0.227 e. The number of benzene rings is 1. The minimum atomic E-state index is 0.156. The van der Waals surface area contributed by atoms with E-state index in [0.717, 1.165) is 36.6 Å². The van der Waals surface area contributed by atoms with Crippen molar-refractivity contribution in [1.29, 1.82) is 0 Å². The maximum absolute atomic E-state index is 12.5. The van der Waals surface area contributed by atoms with Crippen LogP contribution in [0.2, 0.25) is 0 Å². The fourth-order valence-corrected chi connectivity index (χ4v) is 5.10. The lowest BCUT2D eigenvalue weighted by molar-refractivity contribution is -0.135. The molecule has 0 aliphatic carbocycles. The van der Waals surface area contributed by atoms with Gasteiger partial charge in [-0.25, -0.2) is 4.98 Å². The number of amides is 1. The molecule has 0 unspecified atom stereocenters. The minimum Gasteiger partial charge on any atom is -0.497 e. The zero-order chi connectivity index (χ0) is 18.0. The van der Waals surface area contributed by atoms with E-state index in [0.29, 0.717) is 12.3 Å². The molecule has 1 aromatic heterocycles. The molecular weight excluding hydrogens is 348 g/mol. The SMILES string of the molecule is COc1cccc(CC(=O)N2CC3(C[C@H](Oc4ccccn4)CS3)C2)c1. The molecule has 1 spiro atoms. The van der Waals surface area contributed by atoms with Gasteiger partial charge in [-0.2, -0.15) is 0 Å². The predicted octanol–water partition coefficient (Wildman–Crippen LogP) is 2.80. The average Bonchev–Trinajstić information content (AvgIpc) is 3.05. The van der Waals surface area contributed by atoms with E-state index < -0.39 is 0 Å². The zero-order valence-corrected chi connectivity index (χ0v) is 15.6. The van der Waals surface area contributed by atoms with E-state index in [9.17, 15) is 4.79 Å². The van der Waals surface area contributed by atoms with Crippen molar-refractivity contribution >= 4 is 17.7 Å². The molecule has 0 saturated carbocycles. The number of nitrogens with zero attached hydrogens (tertiary/aromatic N) is 2. The van der Waals surface area contributed by atoms with Gasteiger partial charge in [-0.1, -0.05) is 18.2 Å². The topological polar surface area (TPSA) is 51.7 Å². The molecule has 1 amide bonds. The summed E-state index contributed by atoms with van der Waals surface area (Å²) in [7, 11) is 1.64. The summed E-state index contributed by atoms with van der Waals surface area (Å²) in [6, 6.07) is 13.4. The number of aromatic nitrogens is 1. The molecule has 2 aliphatic rings. The fourth-order valence-electron chi connectivity index (χ4n) is 3.58. The third kappa shape index (κ3) is 3.65. The van der Waals surface area contributed by atoms with Crippen LogP contribution < -0.4 is 9.47 Å². The van der Waals surface area contributed by atoms with Crippen molar-refractivity contribution in [2.24, 2.45) is 0 Å². The molecule has 5 nitrogen and oxygen atoms in total. The number of methoxy groups -OCH3 is 1. The van der Waals surface area contributed by atoms with Crippen molar-refractivity contribution in [2.45, 2.75) is 23.7 Å². The van der Waals surface area contributed by atoms with Gasteiger partial charge in [-0.3, -0.25) is 4.79 Å². The molecule has 26 heavy (non-hydrogen) atoms. The Balaban J connectivity index is 1.28. The maximum Gasteiger partial charge on any atom is 0.227 e. The number of hydrogen-bond donors (Lipinski definition) is 0. The van der Waals surface area contributed by atoms with Crippen LogP contribution in [0.5, 0.6) is 11.6 Å². The molecular formula is C20H22N2O3S. The number of hydrogen-bond acceptors (Lipinski definition) is 5. The Bertz CT molecular complexity index is 778. The summed E-state index contributed by atoms with van der Waals surface area (Å²) < 4.78 is 11.4. The third-order valence-electron chi connectivity index (χ3n) is 4.90. The number of rotatable bonds is 5. The molecule has 3 heterocycles. The summed E-state index contributed by atoms with van der Waals surface area (Å²) in [4.78, 5) is 18.7. The Labute approximate surface area is 157 Å². The van der Waals surface area contributed by atoms with Gasteiger partial charge in [-0.05, 0) is 23.8 Å². The summed E-state index contributed by atoms with van der Waals surface area (Å²) >= 11 is 1.93. The second-order valence-electron chi connectivity index (χ2n) is 6.88. The van der Waals surface area contributed by atoms with Gasteiger partial charge in [0.2, 0.25) is 11.8 Å². The van der Waals surface area contributed by atoms with Gasteiger partial charge in [0.15, 0.2) is 0 Å². The van der Waals surface area contributed by atoms with Gasteiger partial charge in [-0.15, -0.1) is 11.8 Å². The van der Waals surface area contributed by atoms with Crippen molar-refractivity contribution in [3.05, 3.63) is 54.2 Å². The summed E-state index contributed by atoms with van der Waals surface area (Å²) in [6.45, 7) is 1.62. The van der Waals surface area contributed by atoms with Crippen LogP contribution in [0.1, 0.15) is 12.0 Å². The first kappa shape index (κ1) is 17.2. The first-order chi connectivity index (χ1) is 12.7. The molecule has 136 valence electrons. The summed E-state index contributed by atoms with van der Waals surface area (Å²) in [5, 5.41) is 0. The van der Waals surface area contributed by atoms with Crippen LogP contribution in [0.25, 0.3) is 0 Å². The average molecular weight is 370 g/mol. The van der Waals surface area contributed by atoms with Crippen LogP contribution in [-0.2, 0) is 11.2 Å². The molecule has 0 radical (unpaired) electrons. The lowest BCUT2D eigenvalue weighted by Gasteiger charge is -2.47. The molecule has 2 saturated heterocycles. The highest BCUT2D eigenvalue weighted by molar-refractivity contribution is 8.01. The molecule has 1 atom stereocenters. The Morgan fingerprint density at radius 3 is 2.96 bits per heavy atom. The highest BCUT2D eigenvalue weighted by Crippen LogP contribution is 2.46. The van der Waals surface area contributed by atoms with E-state index >= 15 is 0 Å². The molecule has 6 heteroatoms. The Morgan fingerprint density at radius 1 is 1.31 bits per heavy atom. The molecule has 1 aromatic carbocycles. The molecule has 0 bridgehead atoms. The first-order valence-corrected chi connectivity index (χ1v) is 9.77. The number of pyridine rings is 1. The number of carbonyl (C=O) groups is 1. The maximum atomic E-state index is 12.5. The van der Waals surface area contributed by atoms with Crippen LogP contribution in [0, 0.1) is 0 Å². The van der Waals surface area contributed by atoms with Crippen LogP contribution in [-0.4, -0.2) is 52.6 Å². The third-order valence-corrected chi connectivity index (χ3v) is 6.48. The second-order valence-corrected chi connectivity index (χ2v) is 8.37. The molecule has 0 N–H and O–H groups in total. The van der Waals surface area contributed by atoms with Crippen molar-refractivity contribution in [3.63, 3.8) is 0 Å². The van der Waals surface area contributed by atoms with E-state index in [1.165, 1.54) is 0 Å². The zero-order valence-electron chi connectivity index (χ0n) is 14.8. The Morgan fingerprint density at radius 2 is 2.19 bits per heavy atom. The normalized spacial score (nSPS) is 20.7. The summed E-state index contributed by atoms with van der Waals surface area (Å²) in [5.74, 6) is 2.60. The summed E-state index contributed by atoms with van der Waals surface area (Å²) in [5.41, 5.74) is 0.991. The number of carbonyl (C=O) groups excluding carboxylic acids is 1. The Kier molecular flexibility index (Phi) is 4.76. The lowest BCUT2D eigenvalue weighted by atomic mass is 9.92. The van der Waals surface area contributed by atoms with Crippen LogP contribution in [0.15, 0.2) is 48.7 Å². The van der Waals surface area contributed by atoms with Crippen molar-refractivity contribution in [2.75, 3.05) is 26.0 Å². The van der Waals surface area contributed by atoms with Crippen LogP contribution >= 0.6 is 11.8 Å². The molecule has 2 aromatic rings. The number of ether oxygens (including phenoxy) is 2. The van der Waals surface area contributed by atoms with Gasteiger partial charge < -0.3 is 14.4 Å². The molecule has 2 fully saturated rings. The summed E-state index contributed by atoms with van der Waals surface area (Å²) in [6.07, 6.45) is 3.31. The van der Waals surface area contributed by atoms with E-state index in [-0.39, 0.29) is 16.8 Å².